The van der Waals surface area contributed by atoms with Crippen LogP contribution in [-0.2, 0) is 12.4 Å². The minimum Gasteiger partial charge on any atom is -0.293 e. The Bertz CT molecular complexity index is 2480. The summed E-state index contributed by atoms with van der Waals surface area (Å²) in [6.45, 7) is 0. The van der Waals surface area contributed by atoms with Crippen LogP contribution in [0.25, 0.3) is 54.9 Å². The maximum atomic E-state index is 13.1. The van der Waals surface area contributed by atoms with E-state index in [0.29, 0.717) is 49.4 Å². The number of hydrogen-bond acceptors (Lipinski definition) is 8. The zero-order valence-corrected chi connectivity index (χ0v) is 29.2. The number of aromatic nitrogens is 4. The summed E-state index contributed by atoms with van der Waals surface area (Å²) in [7, 11) is 0. The Hall–Kier alpha value is -5.99. The van der Waals surface area contributed by atoms with E-state index in [1.807, 2.05) is 42.5 Å². The fourth-order valence-electron chi connectivity index (χ4n) is 5.43. The Morgan fingerprint density at radius 1 is 0.481 bits per heavy atom. The van der Waals surface area contributed by atoms with Crippen LogP contribution >= 0.6 is 23.1 Å². The minimum absolute atomic E-state index is 0.0300. The van der Waals surface area contributed by atoms with Crippen LogP contribution in [0, 0.1) is 10.8 Å². The SMILES string of the molecule is N=C(SC(=N)c1cccc(-c2ccc(C(F)(F)F)cc2)n1)c1cc(-c2ccccc2)cc(-c2nnc(-c3cccc(-c4ccc(C(F)(F)F)cc4)n3)s2)c1. The van der Waals surface area contributed by atoms with Crippen molar-refractivity contribution in [3.8, 4) is 54.9 Å². The molecule has 0 saturated heterocycles. The van der Waals surface area contributed by atoms with E-state index in [0.717, 1.165) is 47.2 Å². The smallest absolute Gasteiger partial charge is 0.293 e. The van der Waals surface area contributed by atoms with Crippen molar-refractivity contribution < 1.29 is 26.3 Å². The van der Waals surface area contributed by atoms with Gasteiger partial charge in [-0.25, -0.2) is 9.97 Å². The standard InChI is InChI=1S/C40H24F6N6S2/c41-39(42,43)29-16-12-24(13-17-29)31-8-4-10-33(49-31)36(48)53-35(47)27-20-26(23-6-2-1-3-7-23)21-28(22-27)37-51-52-38(54-37)34-11-5-9-32(50-34)25-14-18-30(19-15-25)40(44,45)46/h1-22,47-48H. The third kappa shape index (κ3) is 8.14. The van der Waals surface area contributed by atoms with Crippen molar-refractivity contribution in [2.45, 2.75) is 12.4 Å². The molecule has 0 unspecified atom stereocenters. The molecule has 7 rings (SSSR count). The number of halogens is 6. The molecule has 0 saturated carbocycles. The zero-order chi connectivity index (χ0) is 38.0. The summed E-state index contributed by atoms with van der Waals surface area (Å²) in [5.41, 5.74) is 3.87. The van der Waals surface area contributed by atoms with Crippen molar-refractivity contribution in [1.82, 2.24) is 20.2 Å². The molecule has 3 heterocycles. The van der Waals surface area contributed by atoms with Crippen molar-refractivity contribution >= 4 is 33.2 Å². The van der Waals surface area contributed by atoms with E-state index in [1.165, 1.54) is 35.6 Å². The lowest BCUT2D eigenvalue weighted by Crippen LogP contribution is -2.05. The Labute approximate surface area is 312 Å². The average molecular weight is 767 g/mol. The lowest BCUT2D eigenvalue weighted by atomic mass is 10.0. The van der Waals surface area contributed by atoms with Crippen LogP contribution < -0.4 is 0 Å². The number of hydrogen-bond donors (Lipinski definition) is 2. The number of alkyl halides is 6. The summed E-state index contributed by atoms with van der Waals surface area (Å²) in [5.74, 6) is 0. The fraction of sp³-hybridized carbons (Fsp3) is 0.0500. The fourth-order valence-corrected chi connectivity index (χ4v) is 6.89. The van der Waals surface area contributed by atoms with Crippen LogP contribution in [0.1, 0.15) is 22.4 Å². The zero-order valence-electron chi connectivity index (χ0n) is 27.6. The monoisotopic (exact) mass is 766 g/mol. The van der Waals surface area contributed by atoms with Gasteiger partial charge in [-0.3, -0.25) is 10.8 Å². The number of nitrogens with zero attached hydrogens (tertiary/aromatic N) is 4. The number of rotatable bonds is 7. The quantitative estimate of drug-likeness (QED) is 0.0956. The predicted molar refractivity (Wildman–Crippen MR) is 200 cm³/mol. The van der Waals surface area contributed by atoms with E-state index < -0.39 is 23.5 Å². The molecule has 54 heavy (non-hydrogen) atoms. The molecule has 4 aromatic carbocycles. The van der Waals surface area contributed by atoms with Crippen molar-refractivity contribution in [3.05, 3.63) is 156 Å². The van der Waals surface area contributed by atoms with Gasteiger partial charge in [0.05, 0.1) is 28.2 Å². The lowest BCUT2D eigenvalue weighted by molar-refractivity contribution is -0.138. The van der Waals surface area contributed by atoms with Crippen LogP contribution in [0.5, 0.6) is 0 Å². The third-order valence-corrected chi connectivity index (χ3v) is 9.99. The summed E-state index contributed by atoms with van der Waals surface area (Å²) in [5, 5.41) is 27.6. The Morgan fingerprint density at radius 2 is 1.02 bits per heavy atom. The first-order valence-corrected chi connectivity index (χ1v) is 17.6. The van der Waals surface area contributed by atoms with Gasteiger partial charge in [0, 0.05) is 22.3 Å². The molecule has 0 aliphatic carbocycles. The molecule has 0 amide bonds. The Morgan fingerprint density at radius 3 is 1.63 bits per heavy atom. The van der Waals surface area contributed by atoms with Crippen LogP contribution in [0.15, 0.2) is 133 Å². The van der Waals surface area contributed by atoms with Gasteiger partial charge in [0.1, 0.15) is 20.8 Å². The van der Waals surface area contributed by atoms with Gasteiger partial charge in [-0.1, -0.05) is 78.1 Å². The highest BCUT2D eigenvalue weighted by Gasteiger charge is 2.31. The summed E-state index contributed by atoms with van der Waals surface area (Å²) in [6, 6.07) is 34.5. The molecule has 0 aliphatic rings. The molecule has 0 bridgehead atoms. The molecular weight excluding hydrogens is 743 g/mol. The van der Waals surface area contributed by atoms with Gasteiger partial charge in [-0.15, -0.1) is 10.2 Å². The number of nitrogens with one attached hydrogen (secondary N) is 2. The van der Waals surface area contributed by atoms with Crippen LogP contribution in [-0.4, -0.2) is 30.3 Å². The van der Waals surface area contributed by atoms with Crippen molar-refractivity contribution in [3.63, 3.8) is 0 Å². The van der Waals surface area contributed by atoms with Crippen molar-refractivity contribution in [1.29, 1.82) is 10.8 Å². The maximum absolute atomic E-state index is 13.1. The van der Waals surface area contributed by atoms with E-state index >= 15 is 0 Å². The van der Waals surface area contributed by atoms with E-state index in [4.69, 9.17) is 10.8 Å². The molecule has 2 N–H and O–H groups in total. The molecule has 0 atom stereocenters. The molecule has 7 aromatic rings. The second-order valence-corrected chi connectivity index (χ2v) is 13.8. The van der Waals surface area contributed by atoms with E-state index in [2.05, 4.69) is 20.2 Å². The Kier molecular flexibility index (Phi) is 9.97. The largest absolute Gasteiger partial charge is 0.416 e. The van der Waals surface area contributed by atoms with E-state index in [1.54, 1.807) is 42.5 Å². The number of thioether (sulfide) groups is 1. The number of pyridine rings is 2. The van der Waals surface area contributed by atoms with Crippen LogP contribution in [0.2, 0.25) is 0 Å². The molecule has 0 radical (unpaired) electrons. The van der Waals surface area contributed by atoms with E-state index in [-0.39, 0.29) is 15.8 Å². The highest BCUT2D eigenvalue weighted by atomic mass is 32.2. The number of benzene rings is 4. The predicted octanol–water partition coefficient (Wildman–Crippen LogP) is 11.8. The molecule has 0 fully saturated rings. The summed E-state index contributed by atoms with van der Waals surface area (Å²) in [4.78, 5) is 9.13. The van der Waals surface area contributed by atoms with Gasteiger partial charge in [0.2, 0.25) is 0 Å². The summed E-state index contributed by atoms with van der Waals surface area (Å²) >= 11 is 2.14. The molecule has 268 valence electrons. The van der Waals surface area contributed by atoms with Gasteiger partial charge in [0.15, 0.2) is 5.01 Å². The lowest BCUT2D eigenvalue weighted by Gasteiger charge is -2.11. The average Bonchev–Trinajstić information content (AvgIpc) is 3.68. The molecule has 0 aliphatic heterocycles. The Balaban J connectivity index is 1.15. The molecule has 14 heteroatoms. The third-order valence-electron chi connectivity index (χ3n) is 8.14. The first-order valence-electron chi connectivity index (χ1n) is 16.0. The van der Waals surface area contributed by atoms with E-state index in [9.17, 15) is 26.3 Å². The van der Waals surface area contributed by atoms with Gasteiger partial charge in [-0.05, 0) is 89.6 Å². The maximum Gasteiger partial charge on any atom is 0.416 e. The van der Waals surface area contributed by atoms with Gasteiger partial charge in [0.25, 0.3) is 0 Å². The van der Waals surface area contributed by atoms with Crippen molar-refractivity contribution in [2.75, 3.05) is 0 Å². The minimum atomic E-state index is -4.47. The van der Waals surface area contributed by atoms with Gasteiger partial charge in [-0.2, -0.15) is 26.3 Å². The van der Waals surface area contributed by atoms with Crippen LogP contribution in [0.3, 0.4) is 0 Å². The topological polar surface area (TPSA) is 99.3 Å². The first kappa shape index (κ1) is 36.4. The van der Waals surface area contributed by atoms with Crippen LogP contribution in [0.4, 0.5) is 26.3 Å². The first-order chi connectivity index (χ1) is 25.8. The molecule has 0 spiro atoms. The second-order valence-electron chi connectivity index (χ2n) is 11.8. The van der Waals surface area contributed by atoms with Gasteiger partial charge >= 0.3 is 12.4 Å². The highest BCUT2D eigenvalue weighted by Crippen LogP contribution is 2.36. The molecule has 3 aromatic heterocycles. The summed E-state index contributed by atoms with van der Waals surface area (Å²) in [6.07, 6.45) is -8.91. The van der Waals surface area contributed by atoms with Gasteiger partial charge < -0.3 is 0 Å². The highest BCUT2D eigenvalue weighted by molar-refractivity contribution is 8.27. The van der Waals surface area contributed by atoms with Crippen molar-refractivity contribution in [2.24, 2.45) is 0 Å². The summed E-state index contributed by atoms with van der Waals surface area (Å²) < 4.78 is 78.5. The molecular formula is C40H24F6N6S2. The normalized spacial score (nSPS) is 11.7. The second kappa shape index (κ2) is 14.8. The molecule has 6 nitrogen and oxygen atoms in total.